The zero-order valence-corrected chi connectivity index (χ0v) is 16.2. The molecule has 4 rings (SSSR count). The molecule has 0 saturated carbocycles. The van der Waals surface area contributed by atoms with E-state index < -0.39 is 10.0 Å². The van der Waals surface area contributed by atoms with Crippen LogP contribution in [0.25, 0.3) is 22.9 Å². The van der Waals surface area contributed by atoms with Crippen molar-refractivity contribution in [2.24, 2.45) is 0 Å². The fourth-order valence-corrected chi connectivity index (χ4v) is 4.18. The van der Waals surface area contributed by atoms with Crippen LogP contribution in [0.3, 0.4) is 0 Å². The quantitative estimate of drug-likeness (QED) is 0.503. The van der Waals surface area contributed by atoms with Crippen LogP contribution in [0.4, 0.5) is 0 Å². The first-order valence-corrected chi connectivity index (χ1v) is 10.0. The molecule has 0 atom stereocenters. The highest BCUT2D eigenvalue weighted by molar-refractivity contribution is 7.90. The summed E-state index contributed by atoms with van der Waals surface area (Å²) in [7, 11) is -2.15. The molecule has 4 aromatic rings. The number of oxazole rings is 1. The van der Waals surface area contributed by atoms with Crippen molar-refractivity contribution >= 4 is 10.0 Å². The number of ether oxygens (including phenoxy) is 1. The minimum absolute atomic E-state index is 0.206. The Morgan fingerprint density at radius 1 is 1.00 bits per heavy atom. The van der Waals surface area contributed by atoms with Gasteiger partial charge in [-0.3, -0.25) is 0 Å². The van der Waals surface area contributed by atoms with Gasteiger partial charge < -0.3 is 9.15 Å². The largest absolute Gasteiger partial charge is 0.497 e. The minimum atomic E-state index is -3.76. The summed E-state index contributed by atoms with van der Waals surface area (Å²) in [6.07, 6.45) is 3.06. The average molecular weight is 394 g/mol. The molecule has 0 radical (unpaired) electrons. The number of benzene rings is 2. The Labute approximate surface area is 163 Å². The van der Waals surface area contributed by atoms with Crippen molar-refractivity contribution in [2.45, 2.75) is 11.8 Å². The predicted octanol–water partition coefficient (Wildman–Crippen LogP) is 4.36. The van der Waals surface area contributed by atoms with E-state index in [1.165, 1.54) is 10.2 Å². The van der Waals surface area contributed by atoms with Crippen molar-refractivity contribution in [3.8, 4) is 28.7 Å². The van der Waals surface area contributed by atoms with Gasteiger partial charge >= 0.3 is 0 Å². The lowest BCUT2D eigenvalue weighted by Crippen LogP contribution is -2.13. The fourth-order valence-electron chi connectivity index (χ4n) is 2.85. The normalized spacial score (nSPS) is 11.5. The molecule has 0 aliphatic rings. The van der Waals surface area contributed by atoms with E-state index >= 15 is 0 Å². The lowest BCUT2D eigenvalue weighted by Gasteiger charge is -2.09. The first-order valence-electron chi connectivity index (χ1n) is 8.59. The van der Waals surface area contributed by atoms with Gasteiger partial charge in [-0.2, -0.15) is 0 Å². The second kappa shape index (κ2) is 7.01. The zero-order valence-electron chi connectivity index (χ0n) is 15.4. The van der Waals surface area contributed by atoms with Crippen molar-refractivity contribution in [3.05, 3.63) is 78.6 Å². The van der Waals surface area contributed by atoms with Crippen LogP contribution in [0.2, 0.25) is 0 Å². The zero-order chi connectivity index (χ0) is 19.7. The van der Waals surface area contributed by atoms with Crippen molar-refractivity contribution < 1.29 is 17.6 Å². The Balaban J connectivity index is 1.71. The molecule has 0 unspecified atom stereocenters. The third-order valence-electron chi connectivity index (χ3n) is 4.39. The minimum Gasteiger partial charge on any atom is -0.497 e. The first kappa shape index (κ1) is 18.1. The van der Waals surface area contributed by atoms with Gasteiger partial charge in [-0.1, -0.05) is 17.7 Å². The topological polar surface area (TPSA) is 74.3 Å². The molecule has 0 N–H and O–H groups in total. The molecule has 28 heavy (non-hydrogen) atoms. The molecule has 0 spiro atoms. The number of hydrogen-bond donors (Lipinski definition) is 0. The van der Waals surface area contributed by atoms with Crippen molar-refractivity contribution in [1.82, 2.24) is 8.96 Å². The highest BCUT2D eigenvalue weighted by Crippen LogP contribution is 2.29. The summed E-state index contributed by atoms with van der Waals surface area (Å²) >= 11 is 0. The molecule has 0 bridgehead atoms. The average Bonchev–Trinajstić information content (AvgIpc) is 3.38. The summed E-state index contributed by atoms with van der Waals surface area (Å²) in [5.41, 5.74) is 2.17. The van der Waals surface area contributed by atoms with Gasteiger partial charge in [0.15, 0.2) is 5.76 Å². The lowest BCUT2D eigenvalue weighted by atomic mass is 10.2. The van der Waals surface area contributed by atoms with E-state index in [9.17, 15) is 8.42 Å². The van der Waals surface area contributed by atoms with E-state index in [2.05, 4.69) is 4.98 Å². The summed E-state index contributed by atoms with van der Waals surface area (Å²) in [6.45, 7) is 1.91. The van der Waals surface area contributed by atoms with Crippen LogP contribution in [-0.4, -0.2) is 24.5 Å². The number of methoxy groups -OCH3 is 1. The molecule has 0 amide bonds. The first-order chi connectivity index (χ1) is 13.5. The van der Waals surface area contributed by atoms with Gasteiger partial charge in [-0.25, -0.2) is 17.4 Å². The maximum absolute atomic E-state index is 13.0. The van der Waals surface area contributed by atoms with E-state index in [0.717, 1.165) is 16.9 Å². The van der Waals surface area contributed by atoms with Crippen LogP contribution in [0.1, 0.15) is 5.56 Å². The molecular formula is C21H18N2O4S. The molecule has 0 aliphatic carbocycles. The molecule has 142 valence electrons. The molecule has 0 fully saturated rings. The monoisotopic (exact) mass is 394 g/mol. The Bertz CT molecular complexity index is 1200. The van der Waals surface area contributed by atoms with Crippen LogP contribution >= 0.6 is 0 Å². The van der Waals surface area contributed by atoms with Crippen molar-refractivity contribution in [3.63, 3.8) is 0 Å². The van der Waals surface area contributed by atoms with Crippen molar-refractivity contribution in [2.75, 3.05) is 7.11 Å². The summed E-state index contributed by atoms with van der Waals surface area (Å²) < 4.78 is 38.2. The Hall–Kier alpha value is -3.32. The van der Waals surface area contributed by atoms with Crippen LogP contribution in [-0.2, 0) is 10.0 Å². The number of hydrogen-bond acceptors (Lipinski definition) is 5. The molecule has 0 saturated heterocycles. The second-order valence-electron chi connectivity index (χ2n) is 6.27. The van der Waals surface area contributed by atoms with Gasteiger partial charge in [-0.15, -0.1) is 0 Å². The summed E-state index contributed by atoms with van der Waals surface area (Å²) in [6, 6.07) is 17.4. The van der Waals surface area contributed by atoms with Crippen LogP contribution in [0.15, 0.2) is 82.4 Å². The molecule has 7 heteroatoms. The highest BCUT2D eigenvalue weighted by Gasteiger charge is 2.22. The fraction of sp³-hybridized carbons (Fsp3) is 0.0952. The summed E-state index contributed by atoms with van der Waals surface area (Å²) in [4.78, 5) is 4.48. The Morgan fingerprint density at radius 2 is 1.71 bits per heavy atom. The molecular weight excluding hydrogens is 376 g/mol. The molecule has 2 aromatic heterocycles. The van der Waals surface area contributed by atoms with Gasteiger partial charge in [0.05, 0.1) is 18.2 Å². The third-order valence-corrected chi connectivity index (χ3v) is 6.09. The summed E-state index contributed by atoms with van der Waals surface area (Å²) in [5, 5.41) is 0. The SMILES string of the molecule is COc1ccc(-c2cnc(-c3cccn3S(=O)(=O)c3ccc(C)cc3)o2)cc1. The van der Waals surface area contributed by atoms with Gasteiger partial charge in [0.1, 0.15) is 11.4 Å². The maximum atomic E-state index is 13.0. The smallest absolute Gasteiger partial charge is 0.268 e. The molecule has 2 aromatic carbocycles. The maximum Gasteiger partial charge on any atom is 0.268 e. The molecule has 0 aliphatic heterocycles. The van der Waals surface area contributed by atoms with E-state index in [0.29, 0.717) is 11.5 Å². The number of rotatable bonds is 5. The Kier molecular flexibility index (Phi) is 4.52. The molecule has 2 heterocycles. The molecule has 6 nitrogen and oxygen atoms in total. The van der Waals surface area contributed by atoms with E-state index in [-0.39, 0.29) is 10.8 Å². The predicted molar refractivity (Wildman–Crippen MR) is 106 cm³/mol. The van der Waals surface area contributed by atoms with Gasteiger partial charge in [-0.05, 0) is 55.5 Å². The lowest BCUT2D eigenvalue weighted by molar-refractivity contribution is 0.415. The van der Waals surface area contributed by atoms with Crippen LogP contribution < -0.4 is 4.74 Å². The van der Waals surface area contributed by atoms with Gasteiger partial charge in [0.25, 0.3) is 10.0 Å². The van der Waals surface area contributed by atoms with Crippen LogP contribution in [0.5, 0.6) is 5.75 Å². The standard InChI is InChI=1S/C21H18N2O4S/c1-15-5-11-18(12-6-15)28(24,25)23-13-3-4-19(23)21-22-14-20(27-21)16-7-9-17(26-2)10-8-16/h3-14H,1-2H3. The third kappa shape index (κ3) is 3.20. The van der Waals surface area contributed by atoms with Gasteiger partial charge in [0.2, 0.25) is 5.89 Å². The number of aryl methyl sites for hydroxylation is 1. The van der Waals surface area contributed by atoms with Crippen LogP contribution in [0, 0.1) is 6.92 Å². The van der Waals surface area contributed by atoms with E-state index in [4.69, 9.17) is 9.15 Å². The van der Waals surface area contributed by atoms with E-state index in [1.807, 2.05) is 31.2 Å². The van der Waals surface area contributed by atoms with Gasteiger partial charge in [0, 0.05) is 11.8 Å². The number of aromatic nitrogens is 2. The van der Waals surface area contributed by atoms with Crippen molar-refractivity contribution in [1.29, 1.82) is 0 Å². The number of nitrogens with zero attached hydrogens (tertiary/aromatic N) is 2. The second-order valence-corrected chi connectivity index (χ2v) is 8.08. The summed E-state index contributed by atoms with van der Waals surface area (Å²) in [5.74, 6) is 1.51. The highest BCUT2D eigenvalue weighted by atomic mass is 32.2. The van der Waals surface area contributed by atoms with E-state index in [1.54, 1.807) is 49.7 Å². The Morgan fingerprint density at radius 3 is 2.39 bits per heavy atom.